The molecule has 90 valence electrons. The molecule has 0 radical (unpaired) electrons. The molecule has 15 heavy (non-hydrogen) atoms. The maximum absolute atomic E-state index is 10.3. The molecular weight excluding hydrogens is 196 g/mol. The van der Waals surface area contributed by atoms with Crippen LogP contribution in [-0.2, 0) is 4.79 Å². The summed E-state index contributed by atoms with van der Waals surface area (Å²) in [6, 6.07) is 0. The van der Waals surface area contributed by atoms with Crippen molar-refractivity contribution in [2.75, 3.05) is 32.8 Å². The van der Waals surface area contributed by atoms with E-state index >= 15 is 0 Å². The molecular formula is C10H22N2O3. The predicted octanol–water partition coefficient (Wildman–Crippen LogP) is -0.116. The van der Waals surface area contributed by atoms with Crippen molar-refractivity contribution >= 4 is 5.97 Å². The van der Waals surface area contributed by atoms with Gasteiger partial charge in [-0.15, -0.1) is 0 Å². The molecule has 5 nitrogen and oxygen atoms in total. The maximum Gasteiger partial charge on any atom is 0.303 e. The molecule has 0 fully saturated rings. The Bertz CT molecular complexity index is 165. The van der Waals surface area contributed by atoms with Gasteiger partial charge >= 0.3 is 5.97 Å². The van der Waals surface area contributed by atoms with Gasteiger partial charge in [-0.05, 0) is 38.9 Å². The van der Waals surface area contributed by atoms with E-state index in [1.165, 1.54) is 0 Å². The Kier molecular flexibility index (Phi) is 9.46. The zero-order valence-corrected chi connectivity index (χ0v) is 9.19. The zero-order chi connectivity index (χ0) is 11.5. The van der Waals surface area contributed by atoms with Crippen LogP contribution in [0.3, 0.4) is 0 Å². The minimum atomic E-state index is -0.763. The van der Waals surface area contributed by atoms with Gasteiger partial charge in [0.1, 0.15) is 0 Å². The Balaban J connectivity index is 3.57. The molecule has 0 aliphatic rings. The molecule has 0 bridgehead atoms. The molecule has 4 N–H and O–H groups in total. The fourth-order valence-corrected chi connectivity index (χ4v) is 1.41. The van der Waals surface area contributed by atoms with Crippen LogP contribution in [0, 0.1) is 0 Å². The molecule has 0 unspecified atom stereocenters. The minimum absolute atomic E-state index is 0.121. The summed E-state index contributed by atoms with van der Waals surface area (Å²) >= 11 is 0. The van der Waals surface area contributed by atoms with Gasteiger partial charge in [0.2, 0.25) is 0 Å². The van der Waals surface area contributed by atoms with Gasteiger partial charge in [-0.25, -0.2) is 0 Å². The molecule has 0 saturated heterocycles. The van der Waals surface area contributed by atoms with E-state index in [4.69, 9.17) is 15.9 Å². The molecule has 0 aromatic rings. The van der Waals surface area contributed by atoms with Gasteiger partial charge in [0.25, 0.3) is 0 Å². The number of unbranched alkanes of at least 4 members (excludes halogenated alkanes) is 1. The third-order valence-corrected chi connectivity index (χ3v) is 2.21. The average molecular weight is 218 g/mol. The summed E-state index contributed by atoms with van der Waals surface area (Å²) in [6.07, 6.45) is 2.81. The van der Waals surface area contributed by atoms with Gasteiger partial charge in [-0.1, -0.05) is 0 Å². The average Bonchev–Trinajstić information content (AvgIpc) is 2.17. The first kappa shape index (κ1) is 14.3. The molecule has 0 aliphatic heterocycles. The smallest absolute Gasteiger partial charge is 0.303 e. The van der Waals surface area contributed by atoms with Crippen LogP contribution in [0.2, 0.25) is 0 Å². The van der Waals surface area contributed by atoms with E-state index in [1.807, 2.05) is 0 Å². The highest BCUT2D eigenvalue weighted by Gasteiger charge is 2.05. The quantitative estimate of drug-likeness (QED) is 0.445. The lowest BCUT2D eigenvalue weighted by Crippen LogP contribution is -2.29. The third kappa shape index (κ3) is 9.65. The summed E-state index contributed by atoms with van der Waals surface area (Å²) in [7, 11) is 0. The number of aliphatic hydroxyl groups excluding tert-OH is 1. The van der Waals surface area contributed by atoms with Crippen LogP contribution in [0.4, 0.5) is 0 Å². The van der Waals surface area contributed by atoms with E-state index in [0.717, 1.165) is 25.9 Å². The normalized spacial score (nSPS) is 10.9. The van der Waals surface area contributed by atoms with Crippen molar-refractivity contribution in [2.45, 2.75) is 25.7 Å². The molecule has 0 heterocycles. The third-order valence-electron chi connectivity index (χ3n) is 2.21. The van der Waals surface area contributed by atoms with Gasteiger partial charge < -0.3 is 20.8 Å². The second-order valence-electron chi connectivity index (χ2n) is 3.56. The van der Waals surface area contributed by atoms with Crippen LogP contribution >= 0.6 is 0 Å². The summed E-state index contributed by atoms with van der Waals surface area (Å²) in [5.74, 6) is -0.763. The number of carboxylic acid groups (broad SMARTS) is 1. The van der Waals surface area contributed by atoms with E-state index in [2.05, 4.69) is 4.90 Å². The summed E-state index contributed by atoms with van der Waals surface area (Å²) in [6.45, 7) is 3.04. The van der Waals surface area contributed by atoms with Crippen molar-refractivity contribution in [1.29, 1.82) is 0 Å². The Morgan fingerprint density at radius 2 is 1.80 bits per heavy atom. The van der Waals surface area contributed by atoms with E-state index < -0.39 is 5.97 Å². The van der Waals surface area contributed by atoms with Crippen LogP contribution in [0.5, 0.6) is 0 Å². The van der Waals surface area contributed by atoms with Crippen molar-refractivity contribution in [1.82, 2.24) is 4.90 Å². The molecule has 0 atom stereocenters. The molecule has 0 aliphatic carbocycles. The lowest BCUT2D eigenvalue weighted by atomic mass is 10.2. The molecule has 0 spiro atoms. The molecule has 5 heteroatoms. The van der Waals surface area contributed by atoms with Crippen LogP contribution in [-0.4, -0.2) is 53.9 Å². The first-order chi connectivity index (χ1) is 7.20. The summed E-state index contributed by atoms with van der Waals surface area (Å²) < 4.78 is 0. The fraction of sp³-hybridized carbons (Fsp3) is 0.900. The Morgan fingerprint density at radius 1 is 1.13 bits per heavy atom. The van der Waals surface area contributed by atoms with Gasteiger partial charge in [0, 0.05) is 13.0 Å². The SMILES string of the molecule is NCCCCN(CCO)CCCC(=O)O. The Labute approximate surface area is 90.9 Å². The standard InChI is InChI=1S/C10H22N2O3/c11-5-1-2-6-12(8-9-13)7-3-4-10(14)15/h13H,1-9,11H2,(H,14,15). The number of nitrogens with zero attached hydrogens (tertiary/aromatic N) is 1. The fourth-order valence-electron chi connectivity index (χ4n) is 1.41. The minimum Gasteiger partial charge on any atom is -0.481 e. The molecule has 0 aromatic carbocycles. The van der Waals surface area contributed by atoms with E-state index in [9.17, 15) is 4.79 Å². The lowest BCUT2D eigenvalue weighted by Gasteiger charge is -2.20. The molecule has 0 amide bonds. The van der Waals surface area contributed by atoms with Crippen LogP contribution in [0.15, 0.2) is 0 Å². The Hall–Kier alpha value is -0.650. The highest BCUT2D eigenvalue weighted by Crippen LogP contribution is 1.98. The van der Waals surface area contributed by atoms with Crippen LogP contribution in [0.25, 0.3) is 0 Å². The second kappa shape index (κ2) is 9.89. The number of carboxylic acids is 1. The van der Waals surface area contributed by atoms with Gasteiger partial charge in [0.05, 0.1) is 6.61 Å². The van der Waals surface area contributed by atoms with Crippen LogP contribution in [0.1, 0.15) is 25.7 Å². The first-order valence-electron chi connectivity index (χ1n) is 5.45. The van der Waals surface area contributed by atoms with Crippen LogP contribution < -0.4 is 5.73 Å². The summed E-state index contributed by atoms with van der Waals surface area (Å²) in [4.78, 5) is 12.4. The second-order valence-corrected chi connectivity index (χ2v) is 3.56. The van der Waals surface area contributed by atoms with Crippen molar-refractivity contribution in [3.05, 3.63) is 0 Å². The number of aliphatic carboxylic acids is 1. The number of hydrogen-bond donors (Lipinski definition) is 3. The van der Waals surface area contributed by atoms with E-state index in [1.54, 1.807) is 0 Å². The van der Waals surface area contributed by atoms with Crippen molar-refractivity contribution in [2.24, 2.45) is 5.73 Å². The highest BCUT2D eigenvalue weighted by atomic mass is 16.4. The molecule has 0 aromatic heterocycles. The monoisotopic (exact) mass is 218 g/mol. The van der Waals surface area contributed by atoms with Crippen molar-refractivity contribution in [3.63, 3.8) is 0 Å². The lowest BCUT2D eigenvalue weighted by molar-refractivity contribution is -0.137. The Morgan fingerprint density at radius 3 is 2.33 bits per heavy atom. The topological polar surface area (TPSA) is 86.8 Å². The first-order valence-corrected chi connectivity index (χ1v) is 5.45. The zero-order valence-electron chi connectivity index (χ0n) is 9.19. The summed E-state index contributed by atoms with van der Waals surface area (Å²) in [5.41, 5.74) is 5.38. The number of nitrogens with two attached hydrogens (primary N) is 1. The predicted molar refractivity (Wildman–Crippen MR) is 58.7 cm³/mol. The van der Waals surface area contributed by atoms with Gasteiger partial charge in [0.15, 0.2) is 0 Å². The van der Waals surface area contributed by atoms with Gasteiger partial charge in [-0.3, -0.25) is 4.79 Å². The number of rotatable bonds is 10. The van der Waals surface area contributed by atoms with E-state index in [0.29, 0.717) is 19.5 Å². The molecule has 0 saturated carbocycles. The summed E-state index contributed by atoms with van der Waals surface area (Å²) in [5, 5.41) is 17.3. The highest BCUT2D eigenvalue weighted by molar-refractivity contribution is 5.66. The largest absolute Gasteiger partial charge is 0.481 e. The van der Waals surface area contributed by atoms with Gasteiger partial charge in [-0.2, -0.15) is 0 Å². The van der Waals surface area contributed by atoms with E-state index in [-0.39, 0.29) is 13.0 Å². The number of hydrogen-bond acceptors (Lipinski definition) is 4. The molecule has 0 rings (SSSR count). The number of carbonyl (C=O) groups is 1. The number of aliphatic hydroxyl groups is 1. The van der Waals surface area contributed by atoms with Crippen molar-refractivity contribution in [3.8, 4) is 0 Å². The maximum atomic E-state index is 10.3. The van der Waals surface area contributed by atoms with Crippen molar-refractivity contribution < 1.29 is 15.0 Å².